The van der Waals surface area contributed by atoms with Gasteiger partial charge in [-0.15, -0.1) is 0 Å². The number of hydrogen-bond acceptors (Lipinski definition) is 3. The number of aromatic nitrogens is 2. The van der Waals surface area contributed by atoms with Crippen LogP contribution in [0.4, 0.5) is 8.78 Å². The molecule has 0 bridgehead atoms. The molecule has 0 unspecified atom stereocenters. The van der Waals surface area contributed by atoms with Gasteiger partial charge in [-0.1, -0.05) is 12.2 Å². The highest BCUT2D eigenvalue weighted by atomic mass is 19.1. The molecule has 3 rings (SSSR count). The Morgan fingerprint density at radius 1 is 1.29 bits per heavy atom. The predicted octanol–water partition coefficient (Wildman–Crippen LogP) is 2.79. The lowest BCUT2D eigenvalue weighted by atomic mass is 10.1. The third kappa shape index (κ3) is 3.25. The van der Waals surface area contributed by atoms with Crippen LogP contribution < -0.4 is 5.32 Å². The van der Waals surface area contributed by atoms with Gasteiger partial charge in [-0.25, -0.2) is 13.5 Å². The topological polar surface area (TPSA) is 50.1 Å². The summed E-state index contributed by atoms with van der Waals surface area (Å²) in [4.78, 5) is 0. The summed E-state index contributed by atoms with van der Waals surface area (Å²) in [5, 5.41) is 17.0. The number of aliphatic hydroxyl groups excluding tert-OH is 1. The molecule has 0 saturated heterocycles. The summed E-state index contributed by atoms with van der Waals surface area (Å²) in [6.07, 6.45) is 4.96. The lowest BCUT2D eigenvalue weighted by molar-refractivity contribution is 0.246. The Balaban J connectivity index is 1.78. The van der Waals surface area contributed by atoms with Crippen molar-refractivity contribution >= 4 is 0 Å². The molecule has 0 aliphatic heterocycles. The summed E-state index contributed by atoms with van der Waals surface area (Å²) in [5.41, 5.74) is 2.87. The molecule has 1 aromatic heterocycles. The standard InChI is InChI=1S/C18H21F2N3O/c1-11-16(9-21-15-5-3-13(7-15)10-24)12(2)23(22-11)18-6-4-14(19)8-17(18)20/h3-6,8,13,15,21,24H,7,9-10H2,1-2H3/t13-,15+/m0/s1. The smallest absolute Gasteiger partial charge is 0.151 e. The predicted molar refractivity (Wildman–Crippen MR) is 87.9 cm³/mol. The number of rotatable bonds is 5. The first kappa shape index (κ1) is 16.8. The molecule has 0 radical (unpaired) electrons. The van der Waals surface area contributed by atoms with E-state index < -0.39 is 11.6 Å². The lowest BCUT2D eigenvalue weighted by Gasteiger charge is -2.13. The van der Waals surface area contributed by atoms with Gasteiger partial charge in [-0.05, 0) is 32.4 Å². The van der Waals surface area contributed by atoms with E-state index in [0.717, 1.165) is 29.4 Å². The van der Waals surface area contributed by atoms with Crippen molar-refractivity contribution < 1.29 is 13.9 Å². The van der Waals surface area contributed by atoms with E-state index in [1.54, 1.807) is 0 Å². The van der Waals surface area contributed by atoms with Crippen LogP contribution in [0.2, 0.25) is 0 Å². The highest BCUT2D eigenvalue weighted by Gasteiger charge is 2.20. The molecule has 24 heavy (non-hydrogen) atoms. The zero-order valence-electron chi connectivity index (χ0n) is 13.8. The van der Waals surface area contributed by atoms with Gasteiger partial charge in [0.25, 0.3) is 0 Å². The molecule has 0 saturated carbocycles. The first-order valence-corrected chi connectivity index (χ1v) is 8.02. The zero-order valence-corrected chi connectivity index (χ0v) is 13.8. The molecule has 0 amide bonds. The number of nitrogens with one attached hydrogen (secondary N) is 1. The summed E-state index contributed by atoms with van der Waals surface area (Å²) in [6, 6.07) is 3.70. The highest BCUT2D eigenvalue weighted by molar-refractivity contribution is 5.38. The van der Waals surface area contributed by atoms with Gasteiger partial charge in [0.2, 0.25) is 0 Å². The van der Waals surface area contributed by atoms with E-state index in [1.165, 1.54) is 16.8 Å². The summed E-state index contributed by atoms with van der Waals surface area (Å²) in [7, 11) is 0. The first-order valence-electron chi connectivity index (χ1n) is 8.02. The zero-order chi connectivity index (χ0) is 17.3. The van der Waals surface area contributed by atoms with Crippen molar-refractivity contribution in [1.82, 2.24) is 15.1 Å². The third-order valence-electron chi connectivity index (χ3n) is 4.53. The molecule has 6 heteroatoms. The van der Waals surface area contributed by atoms with Crippen LogP contribution in [0.5, 0.6) is 0 Å². The Morgan fingerprint density at radius 2 is 2.08 bits per heavy atom. The van der Waals surface area contributed by atoms with E-state index in [2.05, 4.69) is 16.5 Å². The van der Waals surface area contributed by atoms with Crippen molar-refractivity contribution in [3.63, 3.8) is 0 Å². The number of aryl methyl sites for hydroxylation is 1. The second-order valence-corrected chi connectivity index (χ2v) is 6.21. The Bertz CT molecular complexity index is 770. The molecule has 1 aliphatic carbocycles. The van der Waals surface area contributed by atoms with Crippen LogP contribution in [0.3, 0.4) is 0 Å². The number of hydrogen-bond donors (Lipinski definition) is 2. The van der Waals surface area contributed by atoms with E-state index in [-0.39, 0.29) is 24.3 Å². The van der Waals surface area contributed by atoms with Crippen LogP contribution in [-0.4, -0.2) is 27.5 Å². The van der Waals surface area contributed by atoms with Gasteiger partial charge in [0.15, 0.2) is 5.82 Å². The van der Waals surface area contributed by atoms with Crippen molar-refractivity contribution in [3.05, 3.63) is 58.9 Å². The van der Waals surface area contributed by atoms with Gasteiger partial charge in [0.1, 0.15) is 11.5 Å². The molecule has 0 fully saturated rings. The molecule has 0 spiro atoms. The number of halogens is 2. The van der Waals surface area contributed by atoms with Crippen molar-refractivity contribution in [1.29, 1.82) is 0 Å². The normalized spacial score (nSPS) is 20.0. The molecule has 2 atom stereocenters. The van der Waals surface area contributed by atoms with E-state index in [9.17, 15) is 13.9 Å². The fourth-order valence-corrected chi connectivity index (χ4v) is 3.11. The molecule has 2 N–H and O–H groups in total. The SMILES string of the molecule is Cc1nn(-c2ccc(F)cc2F)c(C)c1CN[C@@H]1C=C[C@H](CO)C1. The largest absolute Gasteiger partial charge is 0.396 e. The second kappa shape index (κ2) is 6.83. The average molecular weight is 333 g/mol. The summed E-state index contributed by atoms with van der Waals surface area (Å²) in [5.74, 6) is -1.03. The van der Waals surface area contributed by atoms with Crippen molar-refractivity contribution in [2.24, 2.45) is 5.92 Å². The number of aliphatic hydroxyl groups is 1. The molecular formula is C18H21F2N3O. The van der Waals surface area contributed by atoms with Gasteiger partial charge >= 0.3 is 0 Å². The maximum Gasteiger partial charge on any atom is 0.151 e. The Labute approximate surface area is 139 Å². The Hall–Kier alpha value is -2.05. The van der Waals surface area contributed by atoms with Crippen molar-refractivity contribution in [2.45, 2.75) is 32.9 Å². The Morgan fingerprint density at radius 3 is 2.75 bits per heavy atom. The average Bonchev–Trinajstić information content (AvgIpc) is 3.11. The van der Waals surface area contributed by atoms with Gasteiger partial charge in [-0.3, -0.25) is 0 Å². The van der Waals surface area contributed by atoms with Gasteiger partial charge in [0.05, 0.1) is 5.69 Å². The quantitative estimate of drug-likeness (QED) is 0.827. The van der Waals surface area contributed by atoms with Crippen LogP contribution in [0.25, 0.3) is 5.69 Å². The van der Waals surface area contributed by atoms with Crippen LogP contribution in [0.15, 0.2) is 30.4 Å². The van der Waals surface area contributed by atoms with Crippen LogP contribution in [0.1, 0.15) is 23.4 Å². The molecule has 1 heterocycles. The van der Waals surface area contributed by atoms with Gasteiger partial charge in [0, 0.05) is 42.4 Å². The van der Waals surface area contributed by atoms with Gasteiger partial charge < -0.3 is 10.4 Å². The number of benzene rings is 1. The summed E-state index contributed by atoms with van der Waals surface area (Å²) < 4.78 is 28.6. The first-order chi connectivity index (χ1) is 11.5. The fraction of sp³-hybridized carbons (Fsp3) is 0.389. The van der Waals surface area contributed by atoms with Crippen molar-refractivity contribution in [3.8, 4) is 5.69 Å². The number of nitrogens with zero attached hydrogens (tertiary/aromatic N) is 2. The van der Waals surface area contributed by atoms with Crippen LogP contribution >= 0.6 is 0 Å². The minimum Gasteiger partial charge on any atom is -0.396 e. The molecule has 128 valence electrons. The molecule has 1 aliphatic rings. The van der Waals surface area contributed by atoms with Crippen LogP contribution in [0, 0.1) is 31.4 Å². The van der Waals surface area contributed by atoms with E-state index >= 15 is 0 Å². The van der Waals surface area contributed by atoms with Gasteiger partial charge in [-0.2, -0.15) is 5.10 Å². The summed E-state index contributed by atoms with van der Waals surface area (Å²) in [6.45, 7) is 4.52. The third-order valence-corrected chi connectivity index (χ3v) is 4.53. The van der Waals surface area contributed by atoms with Crippen molar-refractivity contribution in [2.75, 3.05) is 6.61 Å². The maximum atomic E-state index is 14.0. The second-order valence-electron chi connectivity index (χ2n) is 6.21. The van der Waals surface area contributed by atoms with Crippen LogP contribution in [-0.2, 0) is 6.54 Å². The molecule has 4 nitrogen and oxygen atoms in total. The highest BCUT2D eigenvalue weighted by Crippen LogP contribution is 2.22. The minimum atomic E-state index is -0.635. The molecule has 2 aromatic rings. The van der Waals surface area contributed by atoms with E-state index in [0.29, 0.717) is 6.54 Å². The van der Waals surface area contributed by atoms with E-state index in [1.807, 2.05) is 19.9 Å². The van der Waals surface area contributed by atoms with E-state index in [4.69, 9.17) is 0 Å². The Kier molecular flexibility index (Phi) is 4.78. The maximum absolute atomic E-state index is 14.0. The molecule has 1 aromatic carbocycles. The fourth-order valence-electron chi connectivity index (χ4n) is 3.11. The lowest BCUT2D eigenvalue weighted by Crippen LogP contribution is -2.26. The molecular weight excluding hydrogens is 312 g/mol. The minimum absolute atomic E-state index is 0.161. The monoisotopic (exact) mass is 333 g/mol. The summed E-state index contributed by atoms with van der Waals surface area (Å²) >= 11 is 0.